The van der Waals surface area contributed by atoms with Crippen LogP contribution in [0.15, 0.2) is 18.2 Å². The van der Waals surface area contributed by atoms with E-state index in [1.165, 1.54) is 18.2 Å². The van der Waals surface area contributed by atoms with Crippen molar-refractivity contribution in [1.29, 1.82) is 0 Å². The Balaban J connectivity index is 1.81. The molecule has 5 heteroatoms. The molecule has 0 aliphatic carbocycles. The minimum atomic E-state index is -0.459. The highest BCUT2D eigenvalue weighted by molar-refractivity contribution is 6.30. The fourth-order valence-corrected chi connectivity index (χ4v) is 2.48. The second kappa shape index (κ2) is 6.87. The third-order valence-electron chi connectivity index (χ3n) is 3.44. The number of nitrogens with one attached hydrogen (secondary N) is 2. The predicted octanol–water partition coefficient (Wildman–Crippen LogP) is 3.20. The smallest absolute Gasteiger partial charge is 0.224 e. The molecule has 104 valence electrons. The number of hydrogen-bond donors (Lipinski definition) is 2. The van der Waals surface area contributed by atoms with Gasteiger partial charge in [0, 0.05) is 11.4 Å². The van der Waals surface area contributed by atoms with Crippen LogP contribution >= 0.6 is 11.6 Å². The summed E-state index contributed by atoms with van der Waals surface area (Å²) in [7, 11) is 0. The molecule has 3 nitrogen and oxygen atoms in total. The maximum Gasteiger partial charge on any atom is 0.224 e. The summed E-state index contributed by atoms with van der Waals surface area (Å²) >= 11 is 5.77. The van der Waals surface area contributed by atoms with Crippen LogP contribution in [0.25, 0.3) is 0 Å². The van der Waals surface area contributed by atoms with E-state index in [0.29, 0.717) is 17.4 Å². The largest absolute Gasteiger partial charge is 0.324 e. The van der Waals surface area contributed by atoms with Crippen LogP contribution in [0, 0.1) is 11.7 Å². The van der Waals surface area contributed by atoms with Crippen molar-refractivity contribution < 1.29 is 9.18 Å². The molecule has 19 heavy (non-hydrogen) atoms. The van der Waals surface area contributed by atoms with Crippen LogP contribution in [0.5, 0.6) is 0 Å². The molecule has 0 aromatic heterocycles. The lowest BCUT2D eigenvalue weighted by atomic mass is 9.93. The fraction of sp³-hybridized carbons (Fsp3) is 0.500. The SMILES string of the molecule is O=C(CCC1CCNCC1)Nc1cc(Cl)ccc1F. The molecule has 1 aliphatic heterocycles. The second-order valence-electron chi connectivity index (χ2n) is 4.90. The third kappa shape index (κ3) is 4.48. The van der Waals surface area contributed by atoms with E-state index in [9.17, 15) is 9.18 Å². The lowest BCUT2D eigenvalue weighted by molar-refractivity contribution is -0.116. The highest BCUT2D eigenvalue weighted by Gasteiger charge is 2.15. The van der Waals surface area contributed by atoms with Gasteiger partial charge in [-0.05, 0) is 56.5 Å². The van der Waals surface area contributed by atoms with E-state index in [1.54, 1.807) is 0 Å². The van der Waals surface area contributed by atoms with Gasteiger partial charge in [-0.1, -0.05) is 11.6 Å². The monoisotopic (exact) mass is 284 g/mol. The van der Waals surface area contributed by atoms with Crippen molar-refractivity contribution in [3.8, 4) is 0 Å². The summed E-state index contributed by atoms with van der Waals surface area (Å²) in [6.07, 6.45) is 3.50. The Morgan fingerprint density at radius 3 is 2.89 bits per heavy atom. The Labute approximate surface area is 117 Å². The van der Waals surface area contributed by atoms with Gasteiger partial charge in [0.1, 0.15) is 5.82 Å². The Kier molecular flexibility index (Phi) is 5.16. The predicted molar refractivity (Wildman–Crippen MR) is 74.9 cm³/mol. The highest BCUT2D eigenvalue weighted by Crippen LogP contribution is 2.21. The first-order valence-electron chi connectivity index (χ1n) is 6.61. The summed E-state index contributed by atoms with van der Waals surface area (Å²) in [6, 6.07) is 4.14. The summed E-state index contributed by atoms with van der Waals surface area (Å²) in [6.45, 7) is 2.05. The molecule has 1 aliphatic rings. The molecule has 1 aromatic rings. The van der Waals surface area contributed by atoms with E-state index in [-0.39, 0.29) is 11.6 Å². The molecule has 1 amide bonds. The molecular formula is C14H18ClFN2O. The summed E-state index contributed by atoms with van der Waals surface area (Å²) in [5, 5.41) is 6.28. The van der Waals surface area contributed by atoms with Crippen LogP contribution in [0.1, 0.15) is 25.7 Å². The maximum absolute atomic E-state index is 13.4. The molecule has 0 unspecified atom stereocenters. The van der Waals surface area contributed by atoms with E-state index in [2.05, 4.69) is 10.6 Å². The van der Waals surface area contributed by atoms with Crippen LogP contribution in [0.4, 0.5) is 10.1 Å². The number of carbonyl (C=O) groups excluding carboxylic acids is 1. The van der Waals surface area contributed by atoms with E-state index in [1.807, 2.05) is 0 Å². The first kappa shape index (κ1) is 14.3. The van der Waals surface area contributed by atoms with Crippen LogP contribution in [-0.4, -0.2) is 19.0 Å². The van der Waals surface area contributed by atoms with Crippen molar-refractivity contribution in [2.75, 3.05) is 18.4 Å². The van der Waals surface area contributed by atoms with Gasteiger partial charge in [0.05, 0.1) is 5.69 Å². The minimum absolute atomic E-state index is 0.153. The molecule has 0 bridgehead atoms. The summed E-state index contributed by atoms with van der Waals surface area (Å²) in [5.41, 5.74) is 0.155. The molecule has 1 saturated heterocycles. The van der Waals surface area contributed by atoms with Gasteiger partial charge in [-0.15, -0.1) is 0 Å². The number of anilines is 1. The van der Waals surface area contributed by atoms with E-state index in [0.717, 1.165) is 32.4 Å². The van der Waals surface area contributed by atoms with Gasteiger partial charge in [-0.3, -0.25) is 4.79 Å². The van der Waals surface area contributed by atoms with Gasteiger partial charge in [-0.25, -0.2) is 4.39 Å². The number of benzene rings is 1. The zero-order valence-electron chi connectivity index (χ0n) is 10.7. The average molecular weight is 285 g/mol. The third-order valence-corrected chi connectivity index (χ3v) is 3.68. The van der Waals surface area contributed by atoms with Crippen LogP contribution in [0.2, 0.25) is 5.02 Å². The van der Waals surface area contributed by atoms with Gasteiger partial charge in [-0.2, -0.15) is 0 Å². The lowest BCUT2D eigenvalue weighted by Gasteiger charge is -2.22. The van der Waals surface area contributed by atoms with Gasteiger partial charge >= 0.3 is 0 Å². The van der Waals surface area contributed by atoms with Gasteiger partial charge < -0.3 is 10.6 Å². The molecule has 0 saturated carbocycles. The van der Waals surface area contributed by atoms with E-state index < -0.39 is 5.82 Å². The number of amides is 1. The van der Waals surface area contributed by atoms with Crippen molar-refractivity contribution in [3.05, 3.63) is 29.0 Å². The molecule has 0 spiro atoms. The van der Waals surface area contributed by atoms with Crippen molar-refractivity contribution in [1.82, 2.24) is 5.32 Å². The van der Waals surface area contributed by atoms with Gasteiger partial charge in [0.25, 0.3) is 0 Å². The molecule has 1 aromatic carbocycles. The molecule has 1 heterocycles. The molecular weight excluding hydrogens is 267 g/mol. The molecule has 0 radical (unpaired) electrons. The molecule has 1 fully saturated rings. The standard InChI is InChI=1S/C14H18ClFN2O/c15-11-2-3-12(16)13(9-11)18-14(19)4-1-10-5-7-17-8-6-10/h2-3,9-10,17H,1,4-8H2,(H,18,19). The van der Waals surface area contributed by atoms with Gasteiger partial charge in [0.15, 0.2) is 0 Å². The number of halogens is 2. The fourth-order valence-electron chi connectivity index (χ4n) is 2.31. The number of hydrogen-bond acceptors (Lipinski definition) is 2. The molecule has 0 atom stereocenters. The Bertz CT molecular complexity index is 447. The van der Waals surface area contributed by atoms with Gasteiger partial charge in [0.2, 0.25) is 5.91 Å². The van der Waals surface area contributed by atoms with Crippen molar-refractivity contribution in [2.24, 2.45) is 5.92 Å². The molecule has 2 N–H and O–H groups in total. The average Bonchev–Trinajstić information content (AvgIpc) is 2.42. The van der Waals surface area contributed by atoms with E-state index >= 15 is 0 Å². The Morgan fingerprint density at radius 1 is 1.42 bits per heavy atom. The first-order chi connectivity index (χ1) is 9.15. The molecule has 2 rings (SSSR count). The zero-order chi connectivity index (χ0) is 13.7. The zero-order valence-corrected chi connectivity index (χ0v) is 11.5. The quantitative estimate of drug-likeness (QED) is 0.891. The maximum atomic E-state index is 13.4. The normalized spacial score (nSPS) is 16.3. The van der Waals surface area contributed by atoms with Crippen molar-refractivity contribution >= 4 is 23.2 Å². The van der Waals surface area contributed by atoms with Crippen LogP contribution in [0.3, 0.4) is 0 Å². The van der Waals surface area contributed by atoms with Crippen LogP contribution < -0.4 is 10.6 Å². The second-order valence-corrected chi connectivity index (χ2v) is 5.34. The van der Waals surface area contributed by atoms with Crippen molar-refractivity contribution in [3.63, 3.8) is 0 Å². The van der Waals surface area contributed by atoms with Crippen molar-refractivity contribution in [2.45, 2.75) is 25.7 Å². The summed E-state index contributed by atoms with van der Waals surface area (Å²) in [4.78, 5) is 11.8. The Hall–Kier alpha value is -1.13. The number of rotatable bonds is 4. The lowest BCUT2D eigenvalue weighted by Crippen LogP contribution is -2.28. The van der Waals surface area contributed by atoms with Crippen LogP contribution in [-0.2, 0) is 4.79 Å². The summed E-state index contributed by atoms with van der Waals surface area (Å²) in [5.74, 6) is -0.0180. The highest BCUT2D eigenvalue weighted by atomic mass is 35.5. The van der Waals surface area contributed by atoms with E-state index in [4.69, 9.17) is 11.6 Å². The first-order valence-corrected chi connectivity index (χ1v) is 6.98. The minimum Gasteiger partial charge on any atom is -0.324 e. The number of piperidine rings is 1. The Morgan fingerprint density at radius 2 is 2.16 bits per heavy atom. The topological polar surface area (TPSA) is 41.1 Å². The number of carbonyl (C=O) groups is 1. The summed E-state index contributed by atoms with van der Waals surface area (Å²) < 4.78 is 13.4.